The Morgan fingerprint density at radius 3 is 2.79 bits per heavy atom. The lowest BCUT2D eigenvalue weighted by molar-refractivity contribution is 0.0839. The Morgan fingerprint density at radius 2 is 1.96 bits per heavy atom. The summed E-state index contributed by atoms with van der Waals surface area (Å²) in [6.45, 7) is 2.12. The number of carbonyl (C=O) groups excluding carboxylic acids is 1. The molecule has 2 aromatic carbocycles. The molecule has 3 aromatic rings. The average Bonchev–Trinajstić information content (AvgIpc) is 3.13. The molecule has 3 heterocycles. The van der Waals surface area contributed by atoms with E-state index in [-0.39, 0.29) is 11.9 Å². The molecule has 5 nitrogen and oxygen atoms in total. The van der Waals surface area contributed by atoms with Crippen molar-refractivity contribution in [2.24, 2.45) is 0 Å². The van der Waals surface area contributed by atoms with Gasteiger partial charge in [-0.1, -0.05) is 18.2 Å². The maximum atomic E-state index is 12.7. The number of benzene rings is 2. The average molecular weight is 375 g/mol. The quantitative estimate of drug-likeness (QED) is 0.734. The maximum absolute atomic E-state index is 12.7. The second kappa shape index (κ2) is 6.99. The minimum absolute atomic E-state index is 0.00576. The van der Waals surface area contributed by atoms with E-state index in [9.17, 15) is 4.79 Å². The van der Waals surface area contributed by atoms with Gasteiger partial charge in [-0.3, -0.25) is 9.69 Å². The number of H-pyrrole nitrogens is 1. The van der Waals surface area contributed by atoms with Gasteiger partial charge in [-0.2, -0.15) is 0 Å². The van der Waals surface area contributed by atoms with Crippen LogP contribution >= 0.6 is 0 Å². The number of aromatic amines is 1. The summed E-state index contributed by atoms with van der Waals surface area (Å²) < 4.78 is 5.18. The number of hydrogen-bond donors (Lipinski definition) is 2. The molecule has 0 radical (unpaired) electrons. The normalized spacial score (nSPS) is 21.8. The molecule has 1 aromatic heterocycles. The third kappa shape index (κ3) is 2.96. The Balaban J connectivity index is 1.35. The number of amides is 1. The van der Waals surface area contributed by atoms with E-state index in [1.807, 2.05) is 24.3 Å². The summed E-state index contributed by atoms with van der Waals surface area (Å²) in [6, 6.07) is 16.4. The summed E-state index contributed by atoms with van der Waals surface area (Å²) in [5.74, 6) is 0.757. The van der Waals surface area contributed by atoms with E-state index in [1.54, 1.807) is 7.11 Å². The second-order valence-electron chi connectivity index (χ2n) is 7.79. The first-order chi connectivity index (χ1) is 13.7. The van der Waals surface area contributed by atoms with Crippen LogP contribution < -0.4 is 10.1 Å². The lowest BCUT2D eigenvalue weighted by atomic mass is 9.88. The molecule has 1 amide bonds. The highest BCUT2D eigenvalue weighted by molar-refractivity contribution is 5.94. The van der Waals surface area contributed by atoms with Gasteiger partial charge in [0.25, 0.3) is 5.91 Å². The third-order valence-electron chi connectivity index (χ3n) is 6.23. The number of piperidine rings is 1. The van der Waals surface area contributed by atoms with Crippen molar-refractivity contribution >= 4 is 16.8 Å². The molecule has 2 atom stereocenters. The van der Waals surface area contributed by atoms with Crippen molar-refractivity contribution in [3.8, 4) is 5.75 Å². The summed E-state index contributed by atoms with van der Waals surface area (Å²) in [7, 11) is 1.63. The van der Waals surface area contributed by atoms with Gasteiger partial charge < -0.3 is 15.0 Å². The Morgan fingerprint density at radius 1 is 1.14 bits per heavy atom. The molecular formula is C23H25N3O2. The van der Waals surface area contributed by atoms with Crippen LogP contribution in [0.3, 0.4) is 0 Å². The first-order valence-electron chi connectivity index (χ1n) is 10.0. The van der Waals surface area contributed by atoms with Gasteiger partial charge in [-0.25, -0.2) is 0 Å². The Kier molecular flexibility index (Phi) is 4.32. The molecule has 2 aliphatic heterocycles. The fourth-order valence-corrected chi connectivity index (χ4v) is 4.75. The lowest BCUT2D eigenvalue weighted by Gasteiger charge is -2.42. The molecule has 0 bridgehead atoms. The topological polar surface area (TPSA) is 57.4 Å². The molecule has 144 valence electrons. The molecule has 0 spiro atoms. The van der Waals surface area contributed by atoms with Gasteiger partial charge in [0.1, 0.15) is 5.75 Å². The van der Waals surface area contributed by atoms with Crippen LogP contribution in [0.4, 0.5) is 0 Å². The Bertz CT molecular complexity index is 1010. The van der Waals surface area contributed by atoms with Gasteiger partial charge in [0.15, 0.2) is 0 Å². The Labute approximate surface area is 164 Å². The number of carbonyl (C=O) groups is 1. The number of rotatable bonds is 3. The number of aromatic nitrogens is 1. The minimum Gasteiger partial charge on any atom is -0.497 e. The highest BCUT2D eigenvalue weighted by Gasteiger charge is 2.35. The molecule has 2 N–H and O–H groups in total. The largest absolute Gasteiger partial charge is 0.497 e. The fourth-order valence-electron chi connectivity index (χ4n) is 4.75. The molecule has 2 aliphatic rings. The Hall–Kier alpha value is -2.79. The van der Waals surface area contributed by atoms with Crippen LogP contribution in [0, 0.1) is 0 Å². The first-order valence-corrected chi connectivity index (χ1v) is 10.0. The van der Waals surface area contributed by atoms with Gasteiger partial charge in [0.05, 0.1) is 13.2 Å². The fraction of sp³-hybridized carbons (Fsp3) is 0.348. The van der Waals surface area contributed by atoms with Crippen molar-refractivity contribution < 1.29 is 9.53 Å². The number of nitrogens with one attached hydrogen (secondary N) is 2. The molecule has 1 fully saturated rings. The van der Waals surface area contributed by atoms with Gasteiger partial charge >= 0.3 is 0 Å². The van der Waals surface area contributed by atoms with Crippen LogP contribution in [0.1, 0.15) is 40.5 Å². The van der Waals surface area contributed by atoms with Gasteiger partial charge in [0.2, 0.25) is 0 Å². The monoisotopic (exact) mass is 375 g/mol. The second-order valence-corrected chi connectivity index (χ2v) is 7.79. The molecule has 1 saturated heterocycles. The van der Waals surface area contributed by atoms with Crippen molar-refractivity contribution in [1.82, 2.24) is 15.2 Å². The molecule has 0 aliphatic carbocycles. The van der Waals surface area contributed by atoms with Gasteiger partial charge in [-0.05, 0) is 55.2 Å². The van der Waals surface area contributed by atoms with Crippen LogP contribution in [0.25, 0.3) is 10.9 Å². The predicted molar refractivity (Wildman–Crippen MR) is 110 cm³/mol. The summed E-state index contributed by atoms with van der Waals surface area (Å²) in [6.07, 6.45) is 3.04. The number of fused-ring (bicyclic) bond motifs is 5. The number of para-hydroxylation sites is 1. The molecule has 5 heteroatoms. The van der Waals surface area contributed by atoms with E-state index < -0.39 is 0 Å². The van der Waals surface area contributed by atoms with E-state index >= 15 is 0 Å². The summed E-state index contributed by atoms with van der Waals surface area (Å²) in [4.78, 5) is 18.9. The number of methoxy groups -OCH3 is 1. The zero-order chi connectivity index (χ0) is 19.1. The predicted octanol–water partition coefficient (Wildman–Crippen LogP) is 3.67. The van der Waals surface area contributed by atoms with Crippen molar-refractivity contribution in [3.05, 3.63) is 65.4 Å². The van der Waals surface area contributed by atoms with E-state index in [0.29, 0.717) is 11.6 Å². The van der Waals surface area contributed by atoms with E-state index in [0.717, 1.165) is 38.1 Å². The molecule has 28 heavy (non-hydrogen) atoms. The highest BCUT2D eigenvalue weighted by Crippen LogP contribution is 2.39. The van der Waals surface area contributed by atoms with Crippen molar-refractivity contribution in [2.45, 2.75) is 31.3 Å². The van der Waals surface area contributed by atoms with Crippen LogP contribution in [-0.2, 0) is 6.42 Å². The highest BCUT2D eigenvalue weighted by atomic mass is 16.5. The van der Waals surface area contributed by atoms with Crippen molar-refractivity contribution in [2.75, 3.05) is 20.2 Å². The summed E-state index contributed by atoms with van der Waals surface area (Å²) in [5, 5.41) is 4.60. The molecule has 0 unspecified atom stereocenters. The summed E-state index contributed by atoms with van der Waals surface area (Å²) >= 11 is 0. The van der Waals surface area contributed by atoms with E-state index in [4.69, 9.17) is 4.74 Å². The molecule has 0 saturated carbocycles. The third-order valence-corrected chi connectivity index (χ3v) is 6.23. The zero-order valence-corrected chi connectivity index (χ0v) is 16.1. The first kappa shape index (κ1) is 17.3. The SMILES string of the molecule is COc1ccc(C(=O)N[C@@H]2CCN3CCc4c([nH]c5ccccc45)[C@@H]3C2)cc1. The van der Waals surface area contributed by atoms with Gasteiger partial charge in [0, 0.05) is 41.3 Å². The lowest BCUT2D eigenvalue weighted by Crippen LogP contribution is -2.48. The van der Waals surface area contributed by atoms with Gasteiger partial charge in [-0.15, -0.1) is 0 Å². The van der Waals surface area contributed by atoms with Crippen molar-refractivity contribution in [1.29, 1.82) is 0 Å². The molecular weight excluding hydrogens is 350 g/mol. The number of hydrogen-bond acceptors (Lipinski definition) is 3. The standard InChI is InChI=1S/C23H25N3O2/c1-28-17-8-6-15(7-9-17)23(27)24-16-10-12-26-13-11-19-18-4-2-3-5-20(18)25-22(19)21(26)14-16/h2-9,16,21,25H,10-14H2,1H3,(H,24,27)/t16-,21+/m1/s1. The smallest absolute Gasteiger partial charge is 0.251 e. The van der Waals surface area contributed by atoms with Crippen LogP contribution in [0.5, 0.6) is 5.75 Å². The van der Waals surface area contributed by atoms with Crippen LogP contribution in [-0.4, -0.2) is 42.0 Å². The number of ether oxygens (including phenoxy) is 1. The number of nitrogens with zero attached hydrogens (tertiary/aromatic N) is 1. The van der Waals surface area contributed by atoms with E-state index in [1.165, 1.54) is 22.2 Å². The van der Waals surface area contributed by atoms with E-state index in [2.05, 4.69) is 39.5 Å². The molecule has 5 rings (SSSR count). The summed E-state index contributed by atoms with van der Waals surface area (Å²) in [5.41, 5.74) is 4.70. The zero-order valence-electron chi connectivity index (χ0n) is 16.1. The van der Waals surface area contributed by atoms with Crippen LogP contribution in [0.15, 0.2) is 48.5 Å². The van der Waals surface area contributed by atoms with Crippen LogP contribution in [0.2, 0.25) is 0 Å². The maximum Gasteiger partial charge on any atom is 0.251 e. The van der Waals surface area contributed by atoms with Crippen molar-refractivity contribution in [3.63, 3.8) is 0 Å². The minimum atomic E-state index is -0.00576.